The maximum absolute atomic E-state index is 12.8. The predicted molar refractivity (Wildman–Crippen MR) is 94.3 cm³/mol. The first-order chi connectivity index (χ1) is 12.5. The van der Waals surface area contributed by atoms with Crippen LogP contribution in [0.15, 0.2) is 24.3 Å². The lowest BCUT2D eigenvalue weighted by atomic mass is 10.1. The molecule has 0 saturated carbocycles. The van der Waals surface area contributed by atoms with Gasteiger partial charge in [-0.1, -0.05) is 0 Å². The van der Waals surface area contributed by atoms with Crippen LogP contribution in [0.2, 0.25) is 0 Å². The summed E-state index contributed by atoms with van der Waals surface area (Å²) in [6.45, 7) is 2.41. The van der Waals surface area contributed by atoms with E-state index in [1.54, 1.807) is 34.1 Å². The van der Waals surface area contributed by atoms with E-state index >= 15 is 0 Å². The Morgan fingerprint density at radius 2 is 2.08 bits per heavy atom. The normalized spacial score (nSPS) is 19.5. The fourth-order valence-electron chi connectivity index (χ4n) is 3.22. The number of ether oxygens (including phenoxy) is 1. The average molecular weight is 361 g/mol. The Balaban J connectivity index is 1.69. The van der Waals surface area contributed by atoms with E-state index in [9.17, 15) is 14.4 Å². The van der Waals surface area contributed by atoms with Gasteiger partial charge in [-0.15, -0.1) is 0 Å². The molecular formula is C18H23N3O5. The molecule has 1 atom stereocenters. The van der Waals surface area contributed by atoms with Gasteiger partial charge in [-0.3, -0.25) is 14.5 Å². The lowest BCUT2D eigenvalue weighted by Crippen LogP contribution is -2.38. The Bertz CT molecular complexity index is 670. The largest absolute Gasteiger partial charge is 0.481 e. The van der Waals surface area contributed by atoms with Crippen LogP contribution in [0.25, 0.3) is 0 Å². The number of aliphatic carboxylic acids is 1. The van der Waals surface area contributed by atoms with Crippen LogP contribution in [0.1, 0.15) is 29.6 Å². The van der Waals surface area contributed by atoms with Crippen molar-refractivity contribution in [1.29, 1.82) is 0 Å². The molecule has 26 heavy (non-hydrogen) atoms. The van der Waals surface area contributed by atoms with Crippen LogP contribution in [-0.4, -0.2) is 66.8 Å². The molecule has 2 saturated heterocycles. The zero-order valence-electron chi connectivity index (χ0n) is 14.5. The maximum Gasteiger partial charge on any atom is 0.321 e. The number of hydrogen-bond acceptors (Lipinski definition) is 4. The predicted octanol–water partition coefficient (Wildman–Crippen LogP) is 1.31. The van der Waals surface area contributed by atoms with Crippen LogP contribution in [0.3, 0.4) is 0 Å². The second kappa shape index (κ2) is 8.18. The Labute approximate surface area is 151 Å². The molecule has 1 aromatic rings. The summed E-state index contributed by atoms with van der Waals surface area (Å²) < 4.78 is 5.58. The van der Waals surface area contributed by atoms with Crippen molar-refractivity contribution in [2.75, 3.05) is 37.7 Å². The summed E-state index contributed by atoms with van der Waals surface area (Å²) in [4.78, 5) is 38.6. The molecule has 1 unspecified atom stereocenters. The minimum Gasteiger partial charge on any atom is -0.481 e. The molecule has 2 aliphatic rings. The fourth-order valence-corrected chi connectivity index (χ4v) is 3.22. The highest BCUT2D eigenvalue weighted by molar-refractivity contribution is 5.97. The van der Waals surface area contributed by atoms with Gasteiger partial charge in [-0.2, -0.15) is 0 Å². The summed E-state index contributed by atoms with van der Waals surface area (Å²) >= 11 is 0. The second-order valence-corrected chi connectivity index (χ2v) is 6.46. The van der Waals surface area contributed by atoms with Crippen LogP contribution >= 0.6 is 0 Å². The number of amides is 3. The van der Waals surface area contributed by atoms with Crippen molar-refractivity contribution in [2.45, 2.75) is 25.4 Å². The number of anilines is 1. The number of nitrogens with zero attached hydrogens (tertiary/aromatic N) is 2. The van der Waals surface area contributed by atoms with Gasteiger partial charge in [-0.25, -0.2) is 4.79 Å². The van der Waals surface area contributed by atoms with E-state index in [0.717, 1.165) is 18.5 Å². The highest BCUT2D eigenvalue weighted by Crippen LogP contribution is 2.19. The zero-order chi connectivity index (χ0) is 18.5. The number of carbonyl (C=O) groups is 3. The standard InChI is InChI=1S/C18H23N3O5/c22-16(23)7-9-20(12-15-2-1-11-26-15)17(24)13-3-5-14(6-4-13)21-10-8-19-18(21)25/h3-6,15H,1-2,7-12H2,(H,19,25)(H,22,23). The summed E-state index contributed by atoms with van der Waals surface area (Å²) in [6, 6.07) is 6.67. The first-order valence-electron chi connectivity index (χ1n) is 8.82. The smallest absolute Gasteiger partial charge is 0.321 e. The number of hydrogen-bond donors (Lipinski definition) is 2. The molecule has 0 bridgehead atoms. The third-order valence-corrected chi connectivity index (χ3v) is 4.61. The van der Waals surface area contributed by atoms with Gasteiger partial charge in [0.05, 0.1) is 12.5 Å². The summed E-state index contributed by atoms with van der Waals surface area (Å²) in [5.41, 5.74) is 1.20. The van der Waals surface area contributed by atoms with Crippen molar-refractivity contribution in [3.8, 4) is 0 Å². The quantitative estimate of drug-likeness (QED) is 0.763. The summed E-state index contributed by atoms with van der Waals surface area (Å²) in [6.07, 6.45) is 1.68. The van der Waals surface area contributed by atoms with E-state index in [1.807, 2.05) is 0 Å². The van der Waals surface area contributed by atoms with Crippen LogP contribution < -0.4 is 10.2 Å². The SMILES string of the molecule is O=C(O)CCN(CC1CCCO1)C(=O)c1ccc(N2CCNC2=O)cc1. The number of carbonyl (C=O) groups excluding carboxylic acids is 2. The molecule has 2 N–H and O–H groups in total. The van der Waals surface area contributed by atoms with Gasteiger partial charge in [-0.05, 0) is 37.1 Å². The van der Waals surface area contributed by atoms with Crippen molar-refractivity contribution >= 4 is 23.6 Å². The molecule has 2 heterocycles. The van der Waals surface area contributed by atoms with E-state index in [-0.39, 0.29) is 31.0 Å². The van der Waals surface area contributed by atoms with Crippen LogP contribution in [0.5, 0.6) is 0 Å². The van der Waals surface area contributed by atoms with Crippen molar-refractivity contribution in [1.82, 2.24) is 10.2 Å². The van der Waals surface area contributed by atoms with Gasteiger partial charge in [0.15, 0.2) is 0 Å². The summed E-state index contributed by atoms with van der Waals surface area (Å²) in [5.74, 6) is -1.16. The Hall–Kier alpha value is -2.61. The van der Waals surface area contributed by atoms with E-state index in [1.165, 1.54) is 0 Å². The fraction of sp³-hybridized carbons (Fsp3) is 0.500. The first kappa shape index (κ1) is 18.2. The van der Waals surface area contributed by atoms with Crippen molar-refractivity contribution in [3.05, 3.63) is 29.8 Å². The molecule has 2 aliphatic heterocycles. The van der Waals surface area contributed by atoms with Gasteiger partial charge in [0.1, 0.15) is 0 Å². The highest BCUT2D eigenvalue weighted by atomic mass is 16.5. The monoisotopic (exact) mass is 361 g/mol. The second-order valence-electron chi connectivity index (χ2n) is 6.46. The molecule has 8 heteroatoms. The summed E-state index contributed by atoms with van der Waals surface area (Å²) in [5, 5.41) is 11.7. The third kappa shape index (κ3) is 4.32. The molecule has 0 aromatic heterocycles. The lowest BCUT2D eigenvalue weighted by molar-refractivity contribution is -0.137. The van der Waals surface area contributed by atoms with Gasteiger partial charge < -0.3 is 20.1 Å². The minimum atomic E-state index is -0.939. The first-order valence-corrected chi connectivity index (χ1v) is 8.82. The van der Waals surface area contributed by atoms with Gasteiger partial charge >= 0.3 is 12.0 Å². The summed E-state index contributed by atoms with van der Waals surface area (Å²) in [7, 11) is 0. The zero-order valence-corrected chi connectivity index (χ0v) is 14.5. The number of carboxylic acids is 1. The van der Waals surface area contributed by atoms with Gasteiger partial charge in [0.2, 0.25) is 0 Å². The lowest BCUT2D eigenvalue weighted by Gasteiger charge is -2.25. The van der Waals surface area contributed by atoms with Crippen LogP contribution in [0, 0.1) is 0 Å². The van der Waals surface area contributed by atoms with Crippen molar-refractivity contribution in [3.63, 3.8) is 0 Å². The van der Waals surface area contributed by atoms with E-state index in [4.69, 9.17) is 9.84 Å². The van der Waals surface area contributed by atoms with Gasteiger partial charge in [0.25, 0.3) is 5.91 Å². The van der Waals surface area contributed by atoms with Crippen molar-refractivity contribution in [2.24, 2.45) is 0 Å². The maximum atomic E-state index is 12.8. The average Bonchev–Trinajstić information content (AvgIpc) is 3.29. The molecule has 0 radical (unpaired) electrons. The molecule has 8 nitrogen and oxygen atoms in total. The van der Waals surface area contributed by atoms with Crippen LogP contribution in [-0.2, 0) is 9.53 Å². The minimum absolute atomic E-state index is 0.0414. The number of carboxylic acid groups (broad SMARTS) is 1. The molecule has 3 rings (SSSR count). The van der Waals surface area contributed by atoms with E-state index < -0.39 is 5.97 Å². The molecular weight excluding hydrogens is 338 g/mol. The molecule has 1 aromatic carbocycles. The van der Waals surface area contributed by atoms with Crippen LogP contribution in [0.4, 0.5) is 10.5 Å². The number of nitrogens with one attached hydrogen (secondary N) is 1. The number of rotatable bonds is 7. The van der Waals surface area contributed by atoms with E-state index in [2.05, 4.69) is 5.32 Å². The molecule has 0 spiro atoms. The molecule has 2 fully saturated rings. The van der Waals surface area contributed by atoms with Gasteiger partial charge in [0, 0.05) is 44.0 Å². The Kier molecular flexibility index (Phi) is 5.72. The number of benzene rings is 1. The molecule has 3 amide bonds. The topological polar surface area (TPSA) is 99.2 Å². The molecule has 0 aliphatic carbocycles. The third-order valence-electron chi connectivity index (χ3n) is 4.61. The highest BCUT2D eigenvalue weighted by Gasteiger charge is 2.25. The number of urea groups is 1. The van der Waals surface area contributed by atoms with E-state index in [0.29, 0.717) is 31.8 Å². The van der Waals surface area contributed by atoms with Crippen molar-refractivity contribution < 1.29 is 24.2 Å². The molecule has 140 valence electrons. The Morgan fingerprint density at radius 1 is 1.31 bits per heavy atom. The Morgan fingerprint density at radius 3 is 2.65 bits per heavy atom.